The van der Waals surface area contributed by atoms with Crippen LogP contribution in [-0.2, 0) is 9.84 Å². The molecule has 1 unspecified atom stereocenters. The van der Waals surface area contributed by atoms with E-state index in [1.165, 1.54) is 31.9 Å². The van der Waals surface area contributed by atoms with Crippen molar-refractivity contribution >= 4 is 9.84 Å². The average Bonchev–Trinajstić information content (AvgIpc) is 2.91. The maximum atomic E-state index is 11.5. The van der Waals surface area contributed by atoms with Crippen LogP contribution in [0.2, 0.25) is 0 Å². The molecule has 2 atom stereocenters. The molecule has 1 N–H and O–H groups in total. The molecule has 0 aromatic heterocycles. The number of rotatable bonds is 5. The summed E-state index contributed by atoms with van der Waals surface area (Å²) in [6.07, 6.45) is 6.61. The topological polar surface area (TPSA) is 46.2 Å². The second kappa shape index (κ2) is 6.27. The van der Waals surface area contributed by atoms with Crippen LogP contribution in [0, 0.1) is 5.92 Å². The summed E-state index contributed by atoms with van der Waals surface area (Å²) in [5.74, 6) is 0.785. The van der Waals surface area contributed by atoms with E-state index >= 15 is 0 Å². The number of nitrogens with one attached hydrogen (secondary N) is 1. The largest absolute Gasteiger partial charge is 0.307 e. The zero-order chi connectivity index (χ0) is 14.8. The van der Waals surface area contributed by atoms with Crippen molar-refractivity contribution in [3.8, 4) is 0 Å². The van der Waals surface area contributed by atoms with Crippen LogP contribution < -0.4 is 5.32 Å². The molecule has 0 amide bonds. The fourth-order valence-corrected chi connectivity index (χ4v) is 3.72. The summed E-state index contributed by atoms with van der Waals surface area (Å²) in [4.78, 5) is 0.386. The Balaban J connectivity index is 2.00. The molecular weight excluding hydrogens is 270 g/mol. The lowest BCUT2D eigenvalue weighted by Gasteiger charge is -2.25. The third kappa shape index (κ3) is 3.83. The molecule has 1 aromatic rings. The van der Waals surface area contributed by atoms with Crippen molar-refractivity contribution < 1.29 is 8.42 Å². The van der Waals surface area contributed by atoms with Crippen LogP contribution in [0.3, 0.4) is 0 Å². The Morgan fingerprint density at radius 3 is 2.15 bits per heavy atom. The molecule has 3 nitrogen and oxygen atoms in total. The lowest BCUT2D eigenvalue weighted by molar-refractivity contribution is 0.352. The maximum absolute atomic E-state index is 11.5. The smallest absolute Gasteiger partial charge is 0.175 e. The first-order valence-corrected chi connectivity index (χ1v) is 9.33. The van der Waals surface area contributed by atoms with Crippen molar-refractivity contribution in [3.05, 3.63) is 29.8 Å². The van der Waals surface area contributed by atoms with Gasteiger partial charge in [0.15, 0.2) is 9.84 Å². The van der Waals surface area contributed by atoms with Gasteiger partial charge in [0.1, 0.15) is 0 Å². The van der Waals surface area contributed by atoms with Crippen LogP contribution >= 0.6 is 0 Å². The van der Waals surface area contributed by atoms with Gasteiger partial charge >= 0.3 is 0 Å². The van der Waals surface area contributed by atoms with Gasteiger partial charge < -0.3 is 5.32 Å². The standard InChI is InChI=1S/C16H25NO2S/c1-12(14-6-4-5-7-14)17-13(2)15-8-10-16(11-9-15)20(3,18)19/h8-14,17H,4-7H2,1-3H3/t12-,13?/m1/s1. The summed E-state index contributed by atoms with van der Waals surface area (Å²) in [7, 11) is -3.10. The van der Waals surface area contributed by atoms with Crippen molar-refractivity contribution in [2.75, 3.05) is 6.26 Å². The molecule has 1 aromatic carbocycles. The quantitative estimate of drug-likeness (QED) is 0.906. The SMILES string of the molecule is CC(N[C@H](C)C1CCCC1)c1ccc(S(C)(=O)=O)cc1. The Morgan fingerprint density at radius 2 is 1.65 bits per heavy atom. The van der Waals surface area contributed by atoms with Crippen LogP contribution in [0.5, 0.6) is 0 Å². The van der Waals surface area contributed by atoms with Gasteiger partial charge in [-0.3, -0.25) is 0 Å². The summed E-state index contributed by atoms with van der Waals surface area (Å²) >= 11 is 0. The van der Waals surface area contributed by atoms with E-state index < -0.39 is 9.84 Å². The van der Waals surface area contributed by atoms with Gasteiger partial charge in [-0.05, 0) is 50.3 Å². The van der Waals surface area contributed by atoms with Gasteiger partial charge in [0.05, 0.1) is 4.90 Å². The first-order valence-electron chi connectivity index (χ1n) is 7.44. The predicted octanol–water partition coefficient (Wildman–Crippen LogP) is 3.32. The summed E-state index contributed by atoms with van der Waals surface area (Å²) in [6.45, 7) is 4.40. The van der Waals surface area contributed by atoms with Crippen LogP contribution in [0.15, 0.2) is 29.2 Å². The van der Waals surface area contributed by atoms with Gasteiger partial charge in [-0.2, -0.15) is 0 Å². The van der Waals surface area contributed by atoms with Crippen molar-refractivity contribution in [1.29, 1.82) is 0 Å². The highest BCUT2D eigenvalue weighted by molar-refractivity contribution is 7.90. The molecule has 0 heterocycles. The highest BCUT2D eigenvalue weighted by Gasteiger charge is 2.22. The van der Waals surface area contributed by atoms with Gasteiger partial charge in [-0.15, -0.1) is 0 Å². The fourth-order valence-electron chi connectivity index (χ4n) is 3.09. The Kier molecular flexibility index (Phi) is 4.86. The van der Waals surface area contributed by atoms with E-state index in [1.54, 1.807) is 12.1 Å². The molecule has 2 rings (SSSR count). The third-order valence-corrected chi connectivity index (χ3v) is 5.56. The number of hydrogen-bond acceptors (Lipinski definition) is 3. The minimum atomic E-state index is -3.10. The highest BCUT2D eigenvalue weighted by atomic mass is 32.2. The maximum Gasteiger partial charge on any atom is 0.175 e. The van der Waals surface area contributed by atoms with Crippen molar-refractivity contribution in [3.63, 3.8) is 0 Å². The van der Waals surface area contributed by atoms with E-state index in [2.05, 4.69) is 19.2 Å². The number of sulfone groups is 1. The minimum Gasteiger partial charge on any atom is -0.307 e. The van der Waals surface area contributed by atoms with Crippen molar-refractivity contribution in [2.24, 2.45) is 5.92 Å². The first-order chi connectivity index (χ1) is 9.38. The minimum absolute atomic E-state index is 0.249. The molecular formula is C16H25NO2S. The van der Waals surface area contributed by atoms with Gasteiger partial charge in [0.25, 0.3) is 0 Å². The molecule has 0 radical (unpaired) electrons. The molecule has 4 heteroatoms. The van der Waals surface area contributed by atoms with Crippen LogP contribution in [0.4, 0.5) is 0 Å². The molecule has 0 aliphatic heterocycles. The van der Waals surface area contributed by atoms with Gasteiger partial charge in [-0.1, -0.05) is 25.0 Å². The van der Waals surface area contributed by atoms with E-state index in [0.29, 0.717) is 10.9 Å². The lowest BCUT2D eigenvalue weighted by atomic mass is 9.98. The number of benzene rings is 1. The first kappa shape index (κ1) is 15.5. The van der Waals surface area contributed by atoms with Crippen molar-refractivity contribution in [1.82, 2.24) is 5.32 Å². The van der Waals surface area contributed by atoms with E-state index in [1.807, 2.05) is 12.1 Å². The Hall–Kier alpha value is -0.870. The van der Waals surface area contributed by atoms with Gasteiger partial charge in [-0.25, -0.2) is 8.42 Å². The molecule has 0 saturated heterocycles. The molecule has 1 aliphatic rings. The molecule has 1 saturated carbocycles. The lowest BCUT2D eigenvalue weighted by Crippen LogP contribution is -2.34. The zero-order valence-corrected chi connectivity index (χ0v) is 13.4. The van der Waals surface area contributed by atoms with E-state index in [4.69, 9.17) is 0 Å². The average molecular weight is 295 g/mol. The molecule has 0 bridgehead atoms. The van der Waals surface area contributed by atoms with Crippen LogP contribution in [0.1, 0.15) is 51.1 Å². The van der Waals surface area contributed by atoms with Gasteiger partial charge in [0.2, 0.25) is 0 Å². The number of hydrogen-bond donors (Lipinski definition) is 1. The zero-order valence-electron chi connectivity index (χ0n) is 12.6. The monoisotopic (exact) mass is 295 g/mol. The molecule has 112 valence electrons. The summed E-state index contributed by atoms with van der Waals surface area (Å²) in [6, 6.07) is 7.98. The third-order valence-electron chi connectivity index (χ3n) is 4.43. The van der Waals surface area contributed by atoms with E-state index in [-0.39, 0.29) is 6.04 Å². The second-order valence-corrected chi connectivity index (χ2v) is 8.08. The molecule has 1 aliphatic carbocycles. The fraction of sp³-hybridized carbons (Fsp3) is 0.625. The summed E-state index contributed by atoms with van der Waals surface area (Å²) in [5, 5.41) is 3.65. The summed E-state index contributed by atoms with van der Waals surface area (Å²) in [5.41, 5.74) is 1.14. The van der Waals surface area contributed by atoms with E-state index in [9.17, 15) is 8.42 Å². The van der Waals surface area contributed by atoms with E-state index in [0.717, 1.165) is 11.5 Å². The van der Waals surface area contributed by atoms with Crippen LogP contribution in [-0.4, -0.2) is 20.7 Å². The normalized spacial score (nSPS) is 19.9. The van der Waals surface area contributed by atoms with Gasteiger partial charge in [0, 0.05) is 18.3 Å². The van der Waals surface area contributed by atoms with Crippen LogP contribution in [0.25, 0.3) is 0 Å². The summed E-state index contributed by atoms with van der Waals surface area (Å²) < 4.78 is 22.9. The second-order valence-electron chi connectivity index (χ2n) is 6.06. The molecule has 1 fully saturated rings. The molecule has 20 heavy (non-hydrogen) atoms. The Bertz CT molecular complexity index is 530. The van der Waals surface area contributed by atoms with Crippen molar-refractivity contribution in [2.45, 2.75) is 56.5 Å². The predicted molar refractivity (Wildman–Crippen MR) is 82.5 cm³/mol. The Morgan fingerprint density at radius 1 is 1.10 bits per heavy atom. The Labute approximate surface area is 122 Å². The molecule has 0 spiro atoms. The highest BCUT2D eigenvalue weighted by Crippen LogP contribution is 2.29.